The van der Waals surface area contributed by atoms with Crippen molar-refractivity contribution in [3.05, 3.63) is 121 Å². The second-order valence-electron chi connectivity index (χ2n) is 32.3. The molecule has 20 atom stereocenters. The zero-order valence-corrected chi connectivity index (χ0v) is 76.6. The highest BCUT2D eigenvalue weighted by Gasteiger charge is 2.60. The van der Waals surface area contributed by atoms with Crippen molar-refractivity contribution in [2.24, 2.45) is 21.8 Å². The Labute approximate surface area is 783 Å². The van der Waals surface area contributed by atoms with E-state index in [0.29, 0.717) is 16.8 Å². The first-order chi connectivity index (χ1) is 65.6. The molecule has 8 aliphatic rings. The molecule has 14 heterocycles. The minimum atomic E-state index is -4.91. The molecule has 6 saturated heterocycles. The zero-order chi connectivity index (χ0) is 97.8. The van der Waals surface area contributed by atoms with E-state index in [1.807, 2.05) is 24.3 Å². The lowest BCUT2D eigenvalue weighted by Crippen LogP contribution is -2.38. The number of anilines is 2. The Bertz CT molecular complexity index is 6010. The first kappa shape index (κ1) is 102. The summed E-state index contributed by atoms with van der Waals surface area (Å²) in [6, 6.07) is 24.6. The molecule has 45 nitrogen and oxygen atoms in total. The molecule has 2 amide bonds. The topological polar surface area (TPSA) is 563 Å². The minimum Gasteiger partial charge on any atom is -0.346 e. The summed E-state index contributed by atoms with van der Waals surface area (Å²) >= 11 is 0. The highest BCUT2D eigenvalue weighted by molar-refractivity contribution is 7.86. The fourth-order valence-electron chi connectivity index (χ4n) is 14.2. The van der Waals surface area contributed by atoms with Crippen LogP contribution < -0.4 is 10.6 Å². The van der Waals surface area contributed by atoms with Gasteiger partial charge in [0.1, 0.15) is 87.3 Å². The van der Waals surface area contributed by atoms with Gasteiger partial charge in [-0.3, -0.25) is 65.9 Å². The zero-order valence-electron chi connectivity index (χ0n) is 73.0. The number of aromatic nitrogens is 12. The number of phosphoric ester groups is 1. The van der Waals surface area contributed by atoms with Crippen LogP contribution in [0.25, 0.3) is 22.3 Å². The van der Waals surface area contributed by atoms with Gasteiger partial charge < -0.3 is 43.2 Å². The quantitative estimate of drug-likeness (QED) is 0.0113. The van der Waals surface area contributed by atoms with Gasteiger partial charge in [0.15, 0.2) is 130 Å². The SMILES string of the molecule is CC(C)(C)OO.[BH3-][P+]1(OCCC#N)OCC2O[C@@H](n3cnc4c(NC(=O)c5ccccc5)ncnc43)[C@H](F)[C@@H]2OP(=O)(OCCC#N)OC[C@H]2O[C@@H](n3cnc4c3N=C(CC(=O)C(C)C)CC4=O)[C@H](F)[C@@H]2O1.[BH3-][P+]1(OCCC#N)OCC2O[C@@H](n3cnc4c(NC(=O)c5ccccc5)ncnc43)[C@H](F)[C@@H]2OP(OCCC#N)OC[C@H]2O[C@@H](n3cnc4c3N=C(CC(=O)C(C)C)CC4=O)[C@H](F)[C@@H]2O1. The van der Waals surface area contributed by atoms with E-state index < -0.39 is 208 Å². The van der Waals surface area contributed by atoms with Crippen LogP contribution in [0.5, 0.6) is 0 Å². The van der Waals surface area contributed by atoms with Gasteiger partial charge in [-0.05, 0) is 45.0 Å². The van der Waals surface area contributed by atoms with E-state index in [0.717, 1.165) is 6.33 Å². The second-order valence-corrected chi connectivity index (χ2v) is 37.5. The van der Waals surface area contributed by atoms with Crippen molar-refractivity contribution < 1.29 is 134 Å². The van der Waals surface area contributed by atoms with Crippen molar-refractivity contribution >= 4 is 139 Å². The number of carbonyl (C=O) groups excluding carboxylic acids is 6. The Balaban J connectivity index is 0.000000207. The van der Waals surface area contributed by atoms with Crippen LogP contribution in [-0.2, 0) is 92.3 Å². The number of nitriles is 4. The summed E-state index contributed by atoms with van der Waals surface area (Å²) in [4.78, 5) is 125. The summed E-state index contributed by atoms with van der Waals surface area (Å²) in [6.45, 7) is 9.18. The van der Waals surface area contributed by atoms with Crippen molar-refractivity contribution in [2.45, 2.75) is 204 Å². The Morgan fingerprint density at radius 3 is 1.39 bits per heavy atom. The van der Waals surface area contributed by atoms with Crippen LogP contribution in [0.1, 0.15) is 166 Å². The number of halogens is 4. The summed E-state index contributed by atoms with van der Waals surface area (Å²) in [7, 11) is -16.7. The van der Waals surface area contributed by atoms with Crippen LogP contribution in [-0.4, -0.2) is 257 Å². The predicted molar refractivity (Wildman–Crippen MR) is 480 cm³/mol. The van der Waals surface area contributed by atoms with Gasteiger partial charge in [-0.15, -0.1) is 0 Å². The molecule has 16 rings (SSSR count). The van der Waals surface area contributed by atoms with Crippen molar-refractivity contribution in [1.29, 1.82) is 21.0 Å². The molecule has 2 aromatic carbocycles. The van der Waals surface area contributed by atoms with Crippen LogP contribution in [0.15, 0.2) is 109 Å². The van der Waals surface area contributed by atoms with Crippen LogP contribution in [0, 0.1) is 57.2 Å². The molecule has 8 aromatic rings. The van der Waals surface area contributed by atoms with E-state index in [4.69, 9.17) is 78.5 Å². The summed E-state index contributed by atoms with van der Waals surface area (Å²) in [5.41, 5.74) is 1.22. The molecule has 0 saturated carbocycles. The van der Waals surface area contributed by atoms with E-state index in [-0.39, 0.29) is 157 Å². The maximum absolute atomic E-state index is 17.1. The average Bonchev–Trinajstić information content (AvgIpc) is 1.61. The van der Waals surface area contributed by atoms with E-state index in [1.54, 1.807) is 109 Å². The third-order valence-electron chi connectivity index (χ3n) is 21.1. The maximum atomic E-state index is 17.1. The van der Waals surface area contributed by atoms with Crippen molar-refractivity contribution in [3.63, 3.8) is 0 Å². The predicted octanol–water partition coefficient (Wildman–Crippen LogP) is 10.5. The average molecular weight is 1980 g/mol. The van der Waals surface area contributed by atoms with E-state index in [1.165, 1.54) is 49.9 Å². The number of ether oxygens (including phenoxy) is 4. The van der Waals surface area contributed by atoms with E-state index in [9.17, 15) is 54.4 Å². The molecule has 0 bridgehead atoms. The number of carbonyl (C=O) groups is 6. The minimum absolute atomic E-state index is 0.0108. The van der Waals surface area contributed by atoms with E-state index in [2.05, 4.69) is 65.4 Å². The normalized spacial score (nSPS) is 28.8. The number of rotatable bonds is 26. The van der Waals surface area contributed by atoms with Gasteiger partial charge in [0.2, 0.25) is 30.8 Å². The molecule has 0 radical (unpaired) electrons. The van der Waals surface area contributed by atoms with Crippen LogP contribution in [0.2, 0.25) is 0 Å². The molecule has 3 N–H and O–H groups in total. The number of ketones is 4. The van der Waals surface area contributed by atoms with Crippen molar-refractivity contribution in [2.75, 3.05) is 63.5 Å². The van der Waals surface area contributed by atoms with Crippen LogP contribution in [0.4, 0.5) is 40.8 Å². The second kappa shape index (κ2) is 45.2. The Hall–Kier alpha value is -10.5. The van der Waals surface area contributed by atoms with Gasteiger partial charge in [0, 0.05) is 47.2 Å². The number of hydrogen-bond acceptors (Lipinski definition) is 39. The van der Waals surface area contributed by atoms with Gasteiger partial charge in [-0.1, -0.05) is 64.1 Å². The first-order valence-corrected chi connectivity index (χ1v) is 46.9. The smallest absolute Gasteiger partial charge is 0.346 e. The Kier molecular flexibility index (Phi) is 33.8. The molecule has 6 unspecified atom stereocenters. The lowest BCUT2D eigenvalue weighted by Gasteiger charge is -2.32. The third-order valence-corrected chi connectivity index (χ3v) is 26.0. The molecular weight excluding hydrogens is 1890 g/mol. The van der Waals surface area contributed by atoms with Gasteiger partial charge in [-0.25, -0.2) is 104 Å². The largest absolute Gasteiger partial charge is 0.475 e. The highest BCUT2D eigenvalue weighted by atomic mass is 31.2. The Morgan fingerprint density at radius 1 is 0.555 bits per heavy atom. The third kappa shape index (κ3) is 24.2. The molecule has 6 aromatic heterocycles. The Morgan fingerprint density at radius 2 is 0.949 bits per heavy atom. The molecule has 0 aliphatic carbocycles. The number of phosphoric acid groups is 1. The number of benzene rings is 2. The maximum Gasteiger partial charge on any atom is 0.475 e. The standard InChI is InChI=1S/C39H43BF2N10O12P2.C39H43BF2N10O11P2.C4H10O2/c1-21(2)24(53)14-23-15-25(54)30-36(49-23)52(19-47-30)39-28(41)32-27(62-39)17-60-66(56,58-13-7-11-44)64-33-26(16-59-65(40,63-32)57-12-6-10-43)61-38(29(33)42)51-20-48-31-34(45-18-46-35(31)51)50-37(55)22-8-4-3-5-9-22;1-21(2)24(53)14-23-15-25(54)30-36(49-23)52(19-47-30)39-29(42)33-26(60-39)16-57-64(56-12-6-10-43)62-32-27(17-59-65(40,63-33)58-13-7-11-44)61-38(28(32)41)51-20-48-31-34(45-18-46-35(31)51)50-37(55)22-8-4-3-5-9-22;1-4(2,3)6-5/h3-5,8-9,18-21,26-29,32-33,38-39H,6-7,12-17H2,1-2,40H3,(H,45,46,50,55);3-5,8-9,18-21,26-29,32-33,38-39H,6-7,12-17H2,1-2,40H3,(H,45,46,50,55);5H,1-3H3/t26?,27-,28-,29-,32-,33-,38-,39-,65?,66?;26-,27?,28-,29-,32-,33-,38-,39-,64?,65?;/m11./s1. The molecule has 0 spiro atoms. The highest BCUT2D eigenvalue weighted by Crippen LogP contribution is 2.65. The van der Waals surface area contributed by atoms with Crippen LogP contribution >= 0.6 is 32.1 Å². The van der Waals surface area contributed by atoms with Gasteiger partial charge in [0.05, 0.1) is 120 Å². The number of Topliss-reactive ketones (excluding diaryl/α,β-unsaturated/α-hetero) is 4. The van der Waals surface area contributed by atoms with Gasteiger partial charge >= 0.3 is 16.4 Å². The molecule has 137 heavy (non-hydrogen) atoms. The van der Waals surface area contributed by atoms with Crippen molar-refractivity contribution in [1.82, 2.24) is 58.1 Å². The number of nitrogens with zero attached hydrogens (tertiary/aromatic N) is 18. The summed E-state index contributed by atoms with van der Waals surface area (Å²) < 4.78 is 186. The van der Waals surface area contributed by atoms with Gasteiger partial charge in [-0.2, -0.15) is 21.0 Å². The summed E-state index contributed by atoms with van der Waals surface area (Å²) in [5, 5.41) is 50.6. The lowest BCUT2D eigenvalue weighted by atomic mass is 9.98. The molecule has 6 fully saturated rings. The first-order valence-electron chi connectivity index (χ1n) is 42.2. The van der Waals surface area contributed by atoms with E-state index >= 15 is 17.6 Å². The van der Waals surface area contributed by atoms with Crippen molar-refractivity contribution in [3.8, 4) is 24.3 Å². The molecule has 55 heteroatoms. The fraction of sp³-hybridized carbons (Fsp3) is 0.512. The number of hydrogen-bond donors (Lipinski definition) is 3. The number of fused-ring (bicyclic) bond motifs is 8. The number of aliphatic imine (C=N–C) groups is 2. The lowest BCUT2D eigenvalue weighted by molar-refractivity contribution is -0.306. The molecule has 728 valence electrons. The van der Waals surface area contributed by atoms with Gasteiger partial charge in [0.25, 0.3) is 11.8 Å². The number of amides is 2. The van der Waals surface area contributed by atoms with Crippen LogP contribution in [0.3, 0.4) is 0 Å². The molecule has 8 aliphatic heterocycles. The summed E-state index contributed by atoms with van der Waals surface area (Å²) in [5.74, 6) is -2.58. The number of imidazole rings is 4. The summed E-state index contributed by atoms with van der Waals surface area (Å²) in [6.07, 6.45) is -19.4. The molecular formula is C82H96B2F4N20O25P4. The number of alkyl halides is 4. The fourth-order valence-corrected chi connectivity index (χ4v) is 19.1. The number of nitrogens with one attached hydrogen (secondary N) is 2. The monoisotopic (exact) mass is 1980 g/mol.